The summed E-state index contributed by atoms with van der Waals surface area (Å²) >= 11 is 1.60. The minimum absolute atomic E-state index is 0.0215. The maximum absolute atomic E-state index is 11.9. The van der Waals surface area contributed by atoms with Crippen molar-refractivity contribution in [3.05, 3.63) is 64.0 Å². The molecule has 1 unspecified atom stereocenters. The SMILES string of the molecule is N#Cc1ccc(-c2ccc3c(c2)C(c2cccs2)OCC(=O)N3)[nH]1. The van der Waals surface area contributed by atoms with Crippen LogP contribution in [0.25, 0.3) is 11.3 Å². The minimum atomic E-state index is -0.288. The number of amides is 1. The number of carbonyl (C=O) groups excluding carboxylic acids is 1. The third-order valence-electron chi connectivity index (χ3n) is 3.91. The minimum Gasteiger partial charge on any atom is -0.358 e. The van der Waals surface area contributed by atoms with Crippen LogP contribution in [-0.2, 0) is 9.53 Å². The Labute approximate surface area is 142 Å². The van der Waals surface area contributed by atoms with Gasteiger partial charge in [-0.25, -0.2) is 0 Å². The second kappa shape index (κ2) is 5.96. The Bertz CT molecular complexity index is 938. The van der Waals surface area contributed by atoms with Gasteiger partial charge >= 0.3 is 0 Å². The number of aromatic nitrogens is 1. The number of hydrogen-bond acceptors (Lipinski definition) is 4. The molecular formula is C18H13N3O2S. The molecule has 1 aromatic carbocycles. The molecule has 0 bridgehead atoms. The highest BCUT2D eigenvalue weighted by Gasteiger charge is 2.25. The summed E-state index contributed by atoms with van der Waals surface area (Å²) in [4.78, 5) is 16.0. The summed E-state index contributed by atoms with van der Waals surface area (Å²) in [5.41, 5.74) is 3.98. The summed E-state index contributed by atoms with van der Waals surface area (Å²) in [6.45, 7) is 0.0215. The maximum Gasteiger partial charge on any atom is 0.250 e. The zero-order chi connectivity index (χ0) is 16.5. The molecule has 3 heterocycles. The summed E-state index contributed by atoms with van der Waals surface area (Å²) in [6, 6.07) is 15.5. The molecule has 118 valence electrons. The van der Waals surface area contributed by atoms with Gasteiger partial charge in [-0.3, -0.25) is 4.79 Å². The molecule has 1 atom stereocenters. The molecule has 0 spiro atoms. The van der Waals surface area contributed by atoms with Gasteiger partial charge in [0.25, 0.3) is 0 Å². The molecule has 0 saturated heterocycles. The third-order valence-corrected chi connectivity index (χ3v) is 4.82. The van der Waals surface area contributed by atoms with Crippen molar-refractivity contribution in [3.63, 3.8) is 0 Å². The van der Waals surface area contributed by atoms with E-state index in [1.807, 2.05) is 41.8 Å². The van der Waals surface area contributed by atoms with Gasteiger partial charge < -0.3 is 15.0 Å². The lowest BCUT2D eigenvalue weighted by molar-refractivity contribution is -0.121. The summed E-state index contributed by atoms with van der Waals surface area (Å²) in [5, 5.41) is 13.9. The number of fused-ring (bicyclic) bond motifs is 1. The van der Waals surface area contributed by atoms with Crippen LogP contribution in [-0.4, -0.2) is 17.5 Å². The van der Waals surface area contributed by atoms with Crippen LogP contribution in [0.15, 0.2) is 47.8 Å². The number of anilines is 1. The molecular weight excluding hydrogens is 322 g/mol. The second-order valence-corrected chi connectivity index (χ2v) is 6.43. The van der Waals surface area contributed by atoms with E-state index in [2.05, 4.69) is 16.4 Å². The Balaban J connectivity index is 1.82. The number of H-pyrrole nitrogens is 1. The monoisotopic (exact) mass is 335 g/mol. The van der Waals surface area contributed by atoms with Crippen molar-refractivity contribution in [2.24, 2.45) is 0 Å². The molecule has 1 aliphatic rings. The highest BCUT2D eigenvalue weighted by atomic mass is 32.1. The Morgan fingerprint density at radius 1 is 1.25 bits per heavy atom. The van der Waals surface area contributed by atoms with E-state index in [1.165, 1.54) is 0 Å². The van der Waals surface area contributed by atoms with Crippen molar-refractivity contribution in [2.45, 2.75) is 6.10 Å². The molecule has 1 amide bonds. The average molecular weight is 335 g/mol. The first-order valence-corrected chi connectivity index (χ1v) is 8.31. The van der Waals surface area contributed by atoms with Gasteiger partial charge in [0.1, 0.15) is 24.5 Å². The first kappa shape index (κ1) is 14.7. The van der Waals surface area contributed by atoms with Crippen molar-refractivity contribution in [1.82, 2.24) is 4.98 Å². The topological polar surface area (TPSA) is 77.9 Å². The van der Waals surface area contributed by atoms with Gasteiger partial charge in [0.2, 0.25) is 5.91 Å². The molecule has 0 saturated carbocycles. The van der Waals surface area contributed by atoms with Crippen LogP contribution in [0.1, 0.15) is 22.2 Å². The number of nitrogens with one attached hydrogen (secondary N) is 2. The van der Waals surface area contributed by atoms with Crippen LogP contribution in [0, 0.1) is 11.3 Å². The molecule has 3 aromatic rings. The standard InChI is InChI=1S/C18H13N3O2S/c19-9-12-4-6-14(20-12)11-3-5-15-13(8-11)18(16-2-1-7-24-16)23-10-17(22)21-15/h1-8,18,20H,10H2,(H,21,22). The van der Waals surface area contributed by atoms with Crippen molar-refractivity contribution in [2.75, 3.05) is 11.9 Å². The fraction of sp³-hybridized carbons (Fsp3) is 0.111. The molecule has 2 aromatic heterocycles. The molecule has 0 fully saturated rings. The van der Waals surface area contributed by atoms with Gasteiger partial charge in [-0.1, -0.05) is 12.1 Å². The van der Waals surface area contributed by atoms with E-state index in [9.17, 15) is 4.79 Å². The normalized spacial score (nSPS) is 16.8. The lowest BCUT2D eigenvalue weighted by atomic mass is 10.0. The zero-order valence-electron chi connectivity index (χ0n) is 12.6. The van der Waals surface area contributed by atoms with E-state index in [0.29, 0.717) is 5.69 Å². The number of benzene rings is 1. The zero-order valence-corrected chi connectivity index (χ0v) is 13.4. The molecule has 2 N–H and O–H groups in total. The third kappa shape index (κ3) is 2.60. The fourth-order valence-corrected chi connectivity index (χ4v) is 3.59. The van der Waals surface area contributed by atoms with Crippen molar-refractivity contribution < 1.29 is 9.53 Å². The lowest BCUT2D eigenvalue weighted by Crippen LogP contribution is -2.15. The smallest absolute Gasteiger partial charge is 0.250 e. The summed E-state index contributed by atoms with van der Waals surface area (Å²) in [5.74, 6) is -0.158. The molecule has 5 nitrogen and oxygen atoms in total. The number of thiophene rings is 1. The van der Waals surface area contributed by atoms with Gasteiger partial charge in [0.05, 0.1) is 0 Å². The number of nitrogens with zero attached hydrogens (tertiary/aromatic N) is 1. The maximum atomic E-state index is 11.9. The Hall–Kier alpha value is -2.88. The molecule has 24 heavy (non-hydrogen) atoms. The number of ether oxygens (including phenoxy) is 1. The van der Waals surface area contributed by atoms with Crippen LogP contribution in [0.3, 0.4) is 0 Å². The number of nitriles is 1. The van der Waals surface area contributed by atoms with Gasteiger partial charge in [0, 0.05) is 21.8 Å². The van der Waals surface area contributed by atoms with Crippen LogP contribution in [0.5, 0.6) is 0 Å². The van der Waals surface area contributed by atoms with Crippen LogP contribution in [0.2, 0.25) is 0 Å². The molecule has 1 aliphatic heterocycles. The van der Waals surface area contributed by atoms with Crippen LogP contribution >= 0.6 is 11.3 Å². The summed E-state index contributed by atoms with van der Waals surface area (Å²) in [6.07, 6.45) is -0.288. The van der Waals surface area contributed by atoms with E-state index in [-0.39, 0.29) is 18.6 Å². The van der Waals surface area contributed by atoms with E-state index in [1.54, 1.807) is 17.4 Å². The largest absolute Gasteiger partial charge is 0.358 e. The second-order valence-electron chi connectivity index (χ2n) is 5.45. The molecule has 4 rings (SSSR count). The predicted octanol–water partition coefficient (Wildman–Crippen LogP) is 3.67. The van der Waals surface area contributed by atoms with E-state index >= 15 is 0 Å². The first-order valence-electron chi connectivity index (χ1n) is 7.43. The number of hydrogen-bond donors (Lipinski definition) is 2. The highest BCUT2D eigenvalue weighted by Crippen LogP contribution is 2.37. The Morgan fingerprint density at radius 3 is 2.92 bits per heavy atom. The highest BCUT2D eigenvalue weighted by molar-refractivity contribution is 7.10. The van der Waals surface area contributed by atoms with E-state index < -0.39 is 0 Å². The summed E-state index contributed by atoms with van der Waals surface area (Å²) < 4.78 is 5.84. The molecule has 0 radical (unpaired) electrons. The average Bonchev–Trinajstić information content (AvgIpc) is 3.25. The lowest BCUT2D eigenvalue weighted by Gasteiger charge is -2.16. The van der Waals surface area contributed by atoms with Gasteiger partial charge in [0.15, 0.2) is 0 Å². The Morgan fingerprint density at radius 2 is 2.17 bits per heavy atom. The molecule has 0 aliphatic carbocycles. The van der Waals surface area contributed by atoms with Crippen molar-refractivity contribution in [3.8, 4) is 17.3 Å². The predicted molar refractivity (Wildman–Crippen MR) is 91.7 cm³/mol. The number of carbonyl (C=O) groups is 1. The Kier molecular flexibility index (Phi) is 3.65. The van der Waals surface area contributed by atoms with Crippen LogP contribution < -0.4 is 5.32 Å². The molecule has 6 heteroatoms. The van der Waals surface area contributed by atoms with Gasteiger partial charge in [-0.2, -0.15) is 5.26 Å². The van der Waals surface area contributed by atoms with Crippen molar-refractivity contribution in [1.29, 1.82) is 5.26 Å². The number of aromatic amines is 1. The van der Waals surface area contributed by atoms with E-state index in [4.69, 9.17) is 10.00 Å². The quantitative estimate of drug-likeness (QED) is 0.750. The first-order chi connectivity index (χ1) is 11.7. The van der Waals surface area contributed by atoms with E-state index in [0.717, 1.165) is 27.4 Å². The number of rotatable bonds is 2. The van der Waals surface area contributed by atoms with Crippen LogP contribution in [0.4, 0.5) is 5.69 Å². The van der Waals surface area contributed by atoms with Crippen molar-refractivity contribution >= 4 is 22.9 Å². The van der Waals surface area contributed by atoms with Gasteiger partial charge in [-0.05, 0) is 41.3 Å². The van der Waals surface area contributed by atoms with Gasteiger partial charge in [-0.15, -0.1) is 11.3 Å². The fourth-order valence-electron chi connectivity index (χ4n) is 2.80. The summed E-state index contributed by atoms with van der Waals surface area (Å²) in [7, 11) is 0.